The van der Waals surface area contributed by atoms with Crippen molar-refractivity contribution < 1.29 is 14.7 Å². The van der Waals surface area contributed by atoms with Crippen LogP contribution in [-0.2, 0) is 16.0 Å². The Morgan fingerprint density at radius 1 is 1.10 bits per heavy atom. The smallest absolute Gasteiger partial charge is 0.326 e. The Balaban J connectivity index is 0.000000518. The highest BCUT2D eigenvalue weighted by molar-refractivity contribution is 5.76. The molecule has 2 aromatic rings. The monoisotopic (exact) mass is 414 g/mol. The molecule has 6 N–H and O–H groups in total. The average Bonchev–Trinajstić information content (AvgIpc) is 2.73. The van der Waals surface area contributed by atoms with Gasteiger partial charge in [-0.2, -0.15) is 0 Å². The first-order valence-corrected chi connectivity index (χ1v) is 9.99. The van der Waals surface area contributed by atoms with Gasteiger partial charge in [0.05, 0.1) is 0 Å². The van der Waals surface area contributed by atoms with E-state index in [1.165, 1.54) is 16.7 Å². The van der Waals surface area contributed by atoms with Crippen LogP contribution in [0, 0.1) is 6.92 Å². The maximum Gasteiger partial charge on any atom is 0.326 e. The molecule has 7 nitrogen and oxygen atoms in total. The van der Waals surface area contributed by atoms with E-state index in [9.17, 15) is 9.59 Å². The molecule has 2 aromatic carbocycles. The number of rotatable bonds is 9. The molecule has 30 heavy (non-hydrogen) atoms. The summed E-state index contributed by atoms with van der Waals surface area (Å²) in [5.41, 5.74) is 14.2. The number of hydrogen-bond acceptors (Lipinski definition) is 3. The molecule has 0 aliphatic rings. The second kappa shape index (κ2) is 16.6. The number of benzene rings is 2. The van der Waals surface area contributed by atoms with Crippen molar-refractivity contribution in [3.05, 3.63) is 71.3 Å². The van der Waals surface area contributed by atoms with Crippen molar-refractivity contribution in [2.45, 2.75) is 46.1 Å². The van der Waals surface area contributed by atoms with Crippen molar-refractivity contribution in [2.24, 2.45) is 16.5 Å². The van der Waals surface area contributed by atoms with Gasteiger partial charge in [0.2, 0.25) is 6.41 Å². The van der Waals surface area contributed by atoms with Crippen LogP contribution in [0.25, 0.3) is 0 Å². The van der Waals surface area contributed by atoms with Gasteiger partial charge in [-0.1, -0.05) is 74.0 Å². The van der Waals surface area contributed by atoms with Crippen LogP contribution >= 0.6 is 0 Å². The first kappa shape index (κ1) is 26.6. The molecule has 0 saturated heterocycles. The van der Waals surface area contributed by atoms with Crippen LogP contribution in [0.5, 0.6) is 0 Å². The Hall–Kier alpha value is -3.35. The van der Waals surface area contributed by atoms with Gasteiger partial charge < -0.3 is 21.9 Å². The highest BCUT2D eigenvalue weighted by atomic mass is 16.4. The molecule has 0 spiro atoms. The van der Waals surface area contributed by atoms with E-state index in [1.54, 1.807) is 0 Å². The van der Waals surface area contributed by atoms with E-state index in [0.29, 0.717) is 25.8 Å². The summed E-state index contributed by atoms with van der Waals surface area (Å²) in [7, 11) is 0. The lowest BCUT2D eigenvalue weighted by Crippen LogP contribution is -2.35. The minimum Gasteiger partial charge on any atom is -0.480 e. The predicted molar refractivity (Wildman–Crippen MR) is 122 cm³/mol. The largest absolute Gasteiger partial charge is 0.480 e. The van der Waals surface area contributed by atoms with E-state index in [2.05, 4.69) is 71.8 Å². The molecule has 0 fully saturated rings. The Labute approximate surface area is 179 Å². The third kappa shape index (κ3) is 12.9. The van der Waals surface area contributed by atoms with E-state index >= 15 is 0 Å². The van der Waals surface area contributed by atoms with E-state index in [-0.39, 0.29) is 5.96 Å². The number of nitrogens with zero attached hydrogens (tertiary/aromatic N) is 1. The van der Waals surface area contributed by atoms with E-state index in [4.69, 9.17) is 16.6 Å². The zero-order valence-corrected chi connectivity index (χ0v) is 18.0. The van der Waals surface area contributed by atoms with E-state index in [0.717, 1.165) is 6.42 Å². The van der Waals surface area contributed by atoms with Crippen LogP contribution in [0.4, 0.5) is 0 Å². The molecule has 0 heterocycles. The average molecular weight is 415 g/mol. The van der Waals surface area contributed by atoms with Gasteiger partial charge >= 0.3 is 5.97 Å². The van der Waals surface area contributed by atoms with Crippen LogP contribution in [0.2, 0.25) is 0 Å². The predicted octanol–water partition coefficient (Wildman–Crippen LogP) is 2.85. The summed E-state index contributed by atoms with van der Waals surface area (Å²) in [4.78, 5) is 24.2. The Morgan fingerprint density at radius 3 is 2.27 bits per heavy atom. The SMILES string of the molecule is CC.Cc1cccc(Cc2ccccc2)c1.NC(N)=NCCCC(NC=O)C(=O)O. The first-order chi connectivity index (χ1) is 14.4. The topological polar surface area (TPSA) is 131 Å². The maximum atomic E-state index is 10.5. The zero-order chi connectivity index (χ0) is 22.8. The fourth-order valence-electron chi connectivity index (χ4n) is 2.52. The number of aliphatic carboxylic acids is 1. The summed E-state index contributed by atoms with van der Waals surface area (Å²) in [5.74, 6) is -1.10. The van der Waals surface area contributed by atoms with Crippen molar-refractivity contribution in [2.75, 3.05) is 6.54 Å². The number of guanidine groups is 1. The molecule has 164 valence electrons. The Morgan fingerprint density at radius 2 is 1.73 bits per heavy atom. The number of carboxylic acids is 1. The van der Waals surface area contributed by atoms with Gasteiger partial charge in [0, 0.05) is 6.54 Å². The number of carbonyl (C=O) groups excluding carboxylic acids is 1. The summed E-state index contributed by atoms with van der Waals surface area (Å²) in [6.45, 7) is 6.49. The number of aliphatic imine (C=N–C) groups is 1. The summed E-state index contributed by atoms with van der Waals surface area (Å²) in [6.07, 6.45) is 2.18. The normalized spacial score (nSPS) is 10.2. The Bertz CT molecular complexity index is 760. The van der Waals surface area contributed by atoms with E-state index in [1.807, 2.05) is 13.8 Å². The van der Waals surface area contributed by atoms with Crippen LogP contribution in [0.1, 0.15) is 43.4 Å². The van der Waals surface area contributed by atoms with E-state index < -0.39 is 12.0 Å². The summed E-state index contributed by atoms with van der Waals surface area (Å²) >= 11 is 0. The lowest BCUT2D eigenvalue weighted by molar-refractivity contribution is -0.140. The molecule has 0 saturated carbocycles. The second-order valence-electron chi connectivity index (χ2n) is 6.28. The molecule has 1 unspecified atom stereocenters. The number of carboxylic acid groups (broad SMARTS) is 1. The molecule has 0 aliphatic carbocycles. The maximum absolute atomic E-state index is 10.5. The van der Waals surface area contributed by atoms with Gasteiger partial charge in [0.25, 0.3) is 0 Å². The molecule has 1 amide bonds. The van der Waals surface area contributed by atoms with Crippen molar-refractivity contribution in [1.29, 1.82) is 0 Å². The van der Waals surface area contributed by atoms with Crippen molar-refractivity contribution in [3.63, 3.8) is 0 Å². The van der Waals surface area contributed by atoms with Crippen molar-refractivity contribution in [1.82, 2.24) is 5.32 Å². The summed E-state index contributed by atoms with van der Waals surface area (Å²) in [5, 5.41) is 10.8. The van der Waals surface area contributed by atoms with Crippen LogP contribution in [-0.4, -0.2) is 36.0 Å². The van der Waals surface area contributed by atoms with Gasteiger partial charge in [0.15, 0.2) is 5.96 Å². The van der Waals surface area contributed by atoms with Crippen LogP contribution in [0.15, 0.2) is 59.6 Å². The minimum atomic E-state index is -1.07. The fraction of sp³-hybridized carbons (Fsp3) is 0.348. The third-order valence-electron chi connectivity index (χ3n) is 3.85. The molecule has 0 bridgehead atoms. The third-order valence-corrected chi connectivity index (χ3v) is 3.85. The highest BCUT2D eigenvalue weighted by Gasteiger charge is 2.14. The first-order valence-electron chi connectivity index (χ1n) is 9.99. The van der Waals surface area contributed by atoms with Gasteiger partial charge in [-0.05, 0) is 37.3 Å². The molecule has 0 aliphatic heterocycles. The number of carbonyl (C=O) groups is 2. The summed E-state index contributed by atoms with van der Waals surface area (Å²) < 4.78 is 0. The molecule has 7 heteroatoms. The molecule has 0 aromatic heterocycles. The standard InChI is InChI=1S/C14H14.C7H14N4O3.C2H6/c1-12-6-5-9-14(10-12)11-13-7-3-2-4-8-13;8-7(9)10-3-1-2-5(6(13)14)11-4-12;1-2/h2-10H,11H2,1H3;4-5H,1-3H2,(H,11,12)(H,13,14)(H4,8,9,10);1-2H3. The number of nitrogens with one attached hydrogen (secondary N) is 1. The molecule has 2 rings (SSSR count). The highest BCUT2D eigenvalue weighted by Crippen LogP contribution is 2.10. The van der Waals surface area contributed by atoms with Gasteiger partial charge in [0.1, 0.15) is 6.04 Å². The van der Waals surface area contributed by atoms with Crippen LogP contribution in [0.3, 0.4) is 0 Å². The quantitative estimate of drug-likeness (QED) is 0.217. The number of amides is 1. The van der Waals surface area contributed by atoms with Gasteiger partial charge in [-0.25, -0.2) is 4.79 Å². The lowest BCUT2D eigenvalue weighted by Gasteiger charge is -2.09. The van der Waals surface area contributed by atoms with Crippen molar-refractivity contribution in [3.8, 4) is 0 Å². The zero-order valence-electron chi connectivity index (χ0n) is 18.0. The van der Waals surface area contributed by atoms with Crippen molar-refractivity contribution >= 4 is 18.3 Å². The van der Waals surface area contributed by atoms with Gasteiger partial charge in [-0.15, -0.1) is 0 Å². The summed E-state index contributed by atoms with van der Waals surface area (Å²) in [6, 6.07) is 18.4. The minimum absolute atomic E-state index is 0.0276. The lowest BCUT2D eigenvalue weighted by atomic mass is 10.0. The molecule has 0 radical (unpaired) electrons. The number of aryl methyl sites for hydroxylation is 1. The van der Waals surface area contributed by atoms with Gasteiger partial charge in [-0.3, -0.25) is 9.79 Å². The van der Waals surface area contributed by atoms with Crippen LogP contribution < -0.4 is 16.8 Å². The molecule has 1 atom stereocenters. The Kier molecular flexibility index (Phi) is 14.7. The fourth-order valence-corrected chi connectivity index (χ4v) is 2.52. The molecular weight excluding hydrogens is 380 g/mol. The number of hydrogen-bond donors (Lipinski definition) is 4. The molecular formula is C23H34N4O3. The second-order valence-corrected chi connectivity index (χ2v) is 6.28. The number of nitrogens with two attached hydrogens (primary N) is 2.